The van der Waals surface area contributed by atoms with E-state index in [4.69, 9.17) is 5.11 Å². The fraction of sp³-hybridized carbons (Fsp3) is 0.333. The first-order valence-electron chi connectivity index (χ1n) is 5.41. The van der Waals surface area contributed by atoms with Crippen LogP contribution in [0.15, 0.2) is 35.7 Å². The molecule has 100 valence electrons. The Labute approximate surface area is 106 Å². The van der Waals surface area contributed by atoms with Crippen LogP contribution in [-0.4, -0.2) is 37.5 Å². The summed E-state index contributed by atoms with van der Waals surface area (Å²) in [6.07, 6.45) is 1.43. The molecule has 1 aromatic rings. The van der Waals surface area contributed by atoms with E-state index >= 15 is 0 Å². The molecular weight excluding hydrogens is 257 g/mol. The van der Waals surface area contributed by atoms with E-state index in [1.165, 1.54) is 25.1 Å². The third-order valence-electron chi connectivity index (χ3n) is 2.45. The van der Waals surface area contributed by atoms with E-state index in [2.05, 4.69) is 6.58 Å². The van der Waals surface area contributed by atoms with Gasteiger partial charge in [0.2, 0.25) is 10.0 Å². The summed E-state index contributed by atoms with van der Waals surface area (Å²) < 4.78 is 38.7. The Balaban J connectivity index is 3.17. The number of rotatable bonds is 6. The summed E-state index contributed by atoms with van der Waals surface area (Å²) in [5.41, 5.74) is 0.263. The molecule has 0 aliphatic heterocycles. The van der Waals surface area contributed by atoms with Crippen molar-refractivity contribution >= 4 is 10.0 Å². The molecule has 0 atom stereocenters. The lowest BCUT2D eigenvalue weighted by molar-refractivity contribution is 0.260. The largest absolute Gasteiger partial charge is 0.395 e. The highest BCUT2D eigenvalue weighted by molar-refractivity contribution is 7.89. The first-order chi connectivity index (χ1) is 8.43. The van der Waals surface area contributed by atoms with Crippen LogP contribution in [0.1, 0.15) is 5.56 Å². The zero-order chi connectivity index (χ0) is 13.8. The highest BCUT2D eigenvalue weighted by Crippen LogP contribution is 2.18. The predicted molar refractivity (Wildman–Crippen MR) is 67.2 cm³/mol. The summed E-state index contributed by atoms with van der Waals surface area (Å²) in [5, 5.41) is 8.87. The molecule has 0 bridgehead atoms. The summed E-state index contributed by atoms with van der Waals surface area (Å²) >= 11 is 0. The van der Waals surface area contributed by atoms with E-state index in [0.717, 1.165) is 10.4 Å². The predicted octanol–water partition coefficient (Wildman–Crippen LogP) is 1.30. The second kappa shape index (κ2) is 6.08. The van der Waals surface area contributed by atoms with Gasteiger partial charge in [-0.1, -0.05) is 6.08 Å². The molecular formula is C12H16FNO3S. The Morgan fingerprint density at radius 1 is 1.50 bits per heavy atom. The third-order valence-corrected chi connectivity index (χ3v) is 4.31. The summed E-state index contributed by atoms with van der Waals surface area (Å²) in [5.74, 6) is -0.452. The van der Waals surface area contributed by atoms with Crippen molar-refractivity contribution in [2.45, 2.75) is 11.8 Å². The maximum atomic E-state index is 13.1. The van der Waals surface area contributed by atoms with Gasteiger partial charge in [-0.3, -0.25) is 0 Å². The molecule has 0 saturated heterocycles. The van der Waals surface area contributed by atoms with Crippen molar-refractivity contribution in [3.05, 3.63) is 42.2 Å². The summed E-state index contributed by atoms with van der Waals surface area (Å²) in [6, 6.07) is 3.61. The fourth-order valence-electron chi connectivity index (χ4n) is 1.49. The number of halogens is 1. The van der Waals surface area contributed by atoms with Gasteiger partial charge in [0.25, 0.3) is 0 Å². The van der Waals surface area contributed by atoms with Gasteiger partial charge in [0.05, 0.1) is 11.5 Å². The van der Waals surface area contributed by atoms with Crippen LogP contribution in [-0.2, 0) is 10.0 Å². The maximum Gasteiger partial charge on any atom is 0.243 e. The Kier molecular flexibility index (Phi) is 5.01. The molecule has 0 amide bonds. The van der Waals surface area contributed by atoms with E-state index in [0.29, 0.717) is 0 Å². The number of hydrogen-bond acceptors (Lipinski definition) is 3. The number of aliphatic hydroxyl groups excluding tert-OH is 1. The molecule has 0 unspecified atom stereocenters. The lowest BCUT2D eigenvalue weighted by Crippen LogP contribution is -2.33. The molecule has 1 N–H and O–H groups in total. The number of benzene rings is 1. The van der Waals surface area contributed by atoms with Gasteiger partial charge in [-0.25, -0.2) is 12.8 Å². The second-order valence-corrected chi connectivity index (χ2v) is 5.72. The summed E-state index contributed by atoms with van der Waals surface area (Å²) in [6.45, 7) is 4.76. The van der Waals surface area contributed by atoms with Crippen LogP contribution >= 0.6 is 0 Å². The van der Waals surface area contributed by atoms with Crippen LogP contribution in [0.2, 0.25) is 0 Å². The monoisotopic (exact) mass is 273 g/mol. The summed E-state index contributed by atoms with van der Waals surface area (Å²) in [7, 11) is -3.73. The molecule has 0 aromatic heterocycles. The highest BCUT2D eigenvalue weighted by Gasteiger charge is 2.23. The van der Waals surface area contributed by atoms with Crippen molar-refractivity contribution in [2.24, 2.45) is 0 Å². The number of aryl methyl sites for hydroxylation is 1. The van der Waals surface area contributed by atoms with Crippen molar-refractivity contribution in [2.75, 3.05) is 19.7 Å². The standard InChI is InChI=1S/C12H16FNO3S/c1-3-6-14(7-8-15)18(16,17)11-4-5-12(13)10(2)9-11/h3-5,9,15H,1,6-8H2,2H3. The molecule has 0 aliphatic rings. The molecule has 1 rings (SSSR count). The smallest absolute Gasteiger partial charge is 0.243 e. The average Bonchev–Trinajstić information content (AvgIpc) is 2.32. The van der Waals surface area contributed by atoms with Gasteiger partial charge in [-0.15, -0.1) is 6.58 Å². The SMILES string of the molecule is C=CCN(CCO)S(=O)(=O)c1ccc(F)c(C)c1. The average molecular weight is 273 g/mol. The molecule has 0 spiro atoms. The summed E-state index contributed by atoms with van der Waals surface area (Å²) in [4.78, 5) is 0.0108. The van der Waals surface area contributed by atoms with E-state index in [1.54, 1.807) is 0 Å². The molecule has 4 nitrogen and oxygen atoms in total. The maximum absolute atomic E-state index is 13.1. The van der Waals surface area contributed by atoms with Gasteiger partial charge in [0.1, 0.15) is 5.82 Å². The molecule has 6 heteroatoms. The van der Waals surface area contributed by atoms with Gasteiger partial charge >= 0.3 is 0 Å². The molecule has 0 aliphatic carbocycles. The normalized spacial score (nSPS) is 11.8. The topological polar surface area (TPSA) is 57.6 Å². The van der Waals surface area contributed by atoms with E-state index < -0.39 is 15.8 Å². The van der Waals surface area contributed by atoms with E-state index in [9.17, 15) is 12.8 Å². The first kappa shape index (κ1) is 14.8. The molecule has 18 heavy (non-hydrogen) atoms. The van der Waals surface area contributed by atoms with Gasteiger partial charge in [0, 0.05) is 13.1 Å². The number of hydrogen-bond donors (Lipinski definition) is 1. The van der Waals surface area contributed by atoms with Crippen LogP contribution in [0.4, 0.5) is 4.39 Å². The van der Waals surface area contributed by atoms with Crippen molar-refractivity contribution < 1.29 is 17.9 Å². The first-order valence-corrected chi connectivity index (χ1v) is 6.85. The molecule has 0 fully saturated rings. The number of aliphatic hydroxyl groups is 1. The van der Waals surface area contributed by atoms with Crippen molar-refractivity contribution in [1.82, 2.24) is 4.31 Å². The number of nitrogens with zero attached hydrogens (tertiary/aromatic N) is 1. The minimum Gasteiger partial charge on any atom is -0.395 e. The molecule has 0 saturated carbocycles. The molecule has 0 heterocycles. The minimum absolute atomic E-state index is 0.0108. The quantitative estimate of drug-likeness (QED) is 0.795. The van der Waals surface area contributed by atoms with Crippen LogP contribution in [0.25, 0.3) is 0 Å². The Morgan fingerprint density at radius 3 is 2.67 bits per heavy atom. The van der Waals surface area contributed by atoms with Crippen molar-refractivity contribution in [3.63, 3.8) is 0 Å². The second-order valence-electron chi connectivity index (χ2n) is 3.79. The van der Waals surface area contributed by atoms with Gasteiger partial charge in [0.15, 0.2) is 0 Å². The van der Waals surface area contributed by atoms with Crippen LogP contribution in [0, 0.1) is 12.7 Å². The zero-order valence-electron chi connectivity index (χ0n) is 10.1. The lowest BCUT2D eigenvalue weighted by Gasteiger charge is -2.19. The molecule has 0 radical (unpaired) electrons. The van der Waals surface area contributed by atoms with Crippen LogP contribution in [0.3, 0.4) is 0 Å². The Hall–Kier alpha value is -1.24. The van der Waals surface area contributed by atoms with Gasteiger partial charge < -0.3 is 5.11 Å². The van der Waals surface area contributed by atoms with Crippen molar-refractivity contribution in [3.8, 4) is 0 Å². The van der Waals surface area contributed by atoms with Crippen molar-refractivity contribution in [1.29, 1.82) is 0 Å². The van der Waals surface area contributed by atoms with Crippen LogP contribution < -0.4 is 0 Å². The Morgan fingerprint density at radius 2 is 2.17 bits per heavy atom. The Bertz CT molecular complexity index is 528. The third kappa shape index (κ3) is 3.16. The lowest BCUT2D eigenvalue weighted by atomic mass is 10.2. The number of sulfonamides is 1. The van der Waals surface area contributed by atoms with E-state index in [-0.39, 0.29) is 30.2 Å². The van der Waals surface area contributed by atoms with Crippen LogP contribution in [0.5, 0.6) is 0 Å². The van der Waals surface area contributed by atoms with Gasteiger partial charge in [-0.2, -0.15) is 4.31 Å². The molecule has 1 aromatic carbocycles. The minimum atomic E-state index is -3.73. The highest BCUT2D eigenvalue weighted by atomic mass is 32.2. The fourth-order valence-corrected chi connectivity index (χ4v) is 2.98. The zero-order valence-corrected chi connectivity index (χ0v) is 11.0. The van der Waals surface area contributed by atoms with E-state index in [1.807, 2.05) is 0 Å². The van der Waals surface area contributed by atoms with Gasteiger partial charge in [-0.05, 0) is 30.7 Å².